The highest BCUT2D eigenvalue weighted by atomic mass is 28.3. The van der Waals surface area contributed by atoms with Crippen LogP contribution in [0.15, 0.2) is 164 Å². The summed E-state index contributed by atoms with van der Waals surface area (Å²) in [5, 5.41) is 5.00. The molecule has 0 saturated carbocycles. The summed E-state index contributed by atoms with van der Waals surface area (Å²) in [5.41, 5.74) is 2.71. The van der Waals surface area contributed by atoms with E-state index in [4.69, 9.17) is 19.7 Å². The Bertz CT molecular complexity index is 1990. The summed E-state index contributed by atoms with van der Waals surface area (Å²) in [6.45, 7) is 0. The van der Waals surface area contributed by atoms with Crippen molar-refractivity contribution < 1.29 is 4.74 Å². The third-order valence-corrected chi connectivity index (χ3v) is 13.1. The van der Waals surface area contributed by atoms with Gasteiger partial charge in [-0.05, 0) is 32.9 Å². The van der Waals surface area contributed by atoms with Crippen LogP contribution in [0.3, 0.4) is 0 Å². The number of nitrogens with zero attached hydrogens (tertiary/aromatic N) is 3. The molecule has 6 aromatic carbocycles. The van der Waals surface area contributed by atoms with E-state index in [2.05, 4.69) is 97.1 Å². The molecule has 0 radical (unpaired) electrons. The molecule has 8 rings (SSSR count). The van der Waals surface area contributed by atoms with Gasteiger partial charge >= 0.3 is 0 Å². The summed E-state index contributed by atoms with van der Waals surface area (Å²) in [6.07, 6.45) is 0. The molecule has 0 saturated heterocycles. The molecule has 0 amide bonds. The summed E-state index contributed by atoms with van der Waals surface area (Å²) in [7, 11) is -2.79. The van der Waals surface area contributed by atoms with Crippen LogP contribution in [0.5, 0.6) is 11.5 Å². The van der Waals surface area contributed by atoms with E-state index < -0.39 is 8.07 Å². The monoisotopic (exact) mass is 581 g/mol. The summed E-state index contributed by atoms with van der Waals surface area (Å²) >= 11 is 0. The second-order valence-corrected chi connectivity index (χ2v) is 14.5. The van der Waals surface area contributed by atoms with Crippen molar-refractivity contribution in [3.05, 3.63) is 164 Å². The van der Waals surface area contributed by atoms with Crippen molar-refractivity contribution in [2.75, 3.05) is 0 Å². The average Bonchev–Trinajstić information content (AvgIpc) is 3.11. The largest absolute Gasteiger partial charge is 0.457 e. The highest BCUT2D eigenvalue weighted by molar-refractivity contribution is 7.20. The molecule has 1 aliphatic heterocycles. The molecule has 1 aromatic heterocycles. The summed E-state index contributed by atoms with van der Waals surface area (Å²) < 4.78 is 6.89. The van der Waals surface area contributed by atoms with Crippen LogP contribution in [0.4, 0.5) is 0 Å². The molecule has 0 atom stereocenters. The first-order valence-electron chi connectivity index (χ1n) is 14.7. The van der Waals surface area contributed by atoms with Crippen LogP contribution in [0, 0.1) is 0 Å². The van der Waals surface area contributed by atoms with Crippen LogP contribution < -0.4 is 25.5 Å². The van der Waals surface area contributed by atoms with Gasteiger partial charge in [0.2, 0.25) is 0 Å². The van der Waals surface area contributed by atoms with Gasteiger partial charge in [-0.15, -0.1) is 0 Å². The number of benzene rings is 6. The molecule has 0 unspecified atom stereocenters. The van der Waals surface area contributed by atoms with Gasteiger partial charge in [-0.3, -0.25) is 0 Å². The topological polar surface area (TPSA) is 47.9 Å². The van der Waals surface area contributed by atoms with Crippen molar-refractivity contribution in [3.63, 3.8) is 0 Å². The van der Waals surface area contributed by atoms with Crippen LogP contribution in [0.2, 0.25) is 0 Å². The molecule has 2 heterocycles. The highest BCUT2D eigenvalue weighted by Crippen LogP contribution is 2.37. The van der Waals surface area contributed by atoms with E-state index in [0.29, 0.717) is 17.5 Å². The van der Waals surface area contributed by atoms with E-state index in [0.717, 1.165) is 28.2 Å². The maximum absolute atomic E-state index is 6.89. The molecule has 4 nitrogen and oxygen atoms in total. The van der Waals surface area contributed by atoms with Crippen LogP contribution in [-0.2, 0) is 0 Å². The van der Waals surface area contributed by atoms with Gasteiger partial charge in [0.1, 0.15) is 11.5 Å². The maximum atomic E-state index is 6.89. The lowest BCUT2D eigenvalue weighted by atomic mass is 10.1. The average molecular weight is 582 g/mol. The van der Waals surface area contributed by atoms with Gasteiger partial charge in [0.15, 0.2) is 25.5 Å². The minimum Gasteiger partial charge on any atom is -0.457 e. The van der Waals surface area contributed by atoms with Gasteiger partial charge in [-0.25, -0.2) is 15.0 Å². The molecule has 44 heavy (non-hydrogen) atoms. The molecule has 0 bridgehead atoms. The predicted octanol–water partition coefficient (Wildman–Crippen LogP) is 6.36. The zero-order chi connectivity index (χ0) is 29.3. The quantitative estimate of drug-likeness (QED) is 0.222. The Morgan fingerprint density at radius 1 is 0.386 bits per heavy atom. The molecule has 5 heteroatoms. The minimum atomic E-state index is -2.79. The molecule has 0 fully saturated rings. The van der Waals surface area contributed by atoms with Crippen LogP contribution in [0.25, 0.3) is 34.2 Å². The number of hydrogen-bond acceptors (Lipinski definition) is 4. The molecular formula is C39H27N3OSi. The van der Waals surface area contributed by atoms with Crippen molar-refractivity contribution in [2.24, 2.45) is 0 Å². The fourth-order valence-corrected chi connectivity index (χ4v) is 11.3. The van der Waals surface area contributed by atoms with Gasteiger partial charge in [-0.1, -0.05) is 152 Å². The van der Waals surface area contributed by atoms with Crippen molar-refractivity contribution in [2.45, 2.75) is 0 Å². The van der Waals surface area contributed by atoms with E-state index in [1.807, 2.05) is 66.7 Å². The number of ether oxygens (including phenoxy) is 1. The minimum absolute atomic E-state index is 0.581. The first-order valence-corrected chi connectivity index (χ1v) is 16.7. The summed E-state index contributed by atoms with van der Waals surface area (Å²) in [5.74, 6) is 3.50. The zero-order valence-electron chi connectivity index (χ0n) is 23.8. The SMILES string of the molecule is c1ccc(-c2nc(-c3ccccc3)nc(-c3cccc4c3Oc3ccccc3[Si]4(c3ccccc3)c3ccccc3)n2)cc1. The van der Waals surface area contributed by atoms with Gasteiger partial charge in [-0.2, -0.15) is 0 Å². The molecule has 1 aliphatic rings. The Labute approximate surface area is 257 Å². The lowest BCUT2D eigenvalue weighted by molar-refractivity contribution is 0.488. The Morgan fingerprint density at radius 2 is 0.841 bits per heavy atom. The van der Waals surface area contributed by atoms with Crippen molar-refractivity contribution >= 4 is 28.8 Å². The number of rotatable bonds is 5. The summed E-state index contributed by atoms with van der Waals surface area (Å²) in [6, 6.07) is 56.8. The number of hydrogen-bond donors (Lipinski definition) is 0. The lowest BCUT2D eigenvalue weighted by Gasteiger charge is -2.40. The number of fused-ring (bicyclic) bond motifs is 2. The molecule has 0 N–H and O–H groups in total. The summed E-state index contributed by atoms with van der Waals surface area (Å²) in [4.78, 5) is 15.1. The predicted molar refractivity (Wildman–Crippen MR) is 180 cm³/mol. The third-order valence-electron chi connectivity index (χ3n) is 8.28. The van der Waals surface area contributed by atoms with Gasteiger partial charge in [0.05, 0.1) is 5.56 Å². The van der Waals surface area contributed by atoms with E-state index >= 15 is 0 Å². The Balaban J connectivity index is 1.44. The first-order chi connectivity index (χ1) is 21.8. The van der Waals surface area contributed by atoms with Crippen molar-refractivity contribution in [1.82, 2.24) is 15.0 Å². The third kappa shape index (κ3) is 4.25. The van der Waals surface area contributed by atoms with Gasteiger partial charge in [0, 0.05) is 11.1 Å². The van der Waals surface area contributed by atoms with Crippen molar-refractivity contribution in [1.29, 1.82) is 0 Å². The zero-order valence-corrected chi connectivity index (χ0v) is 24.8. The van der Waals surface area contributed by atoms with Crippen LogP contribution in [0.1, 0.15) is 0 Å². The molecular weight excluding hydrogens is 555 g/mol. The Morgan fingerprint density at radius 3 is 1.41 bits per heavy atom. The van der Waals surface area contributed by atoms with E-state index in [-0.39, 0.29) is 0 Å². The highest BCUT2D eigenvalue weighted by Gasteiger charge is 2.48. The fraction of sp³-hybridized carbons (Fsp3) is 0. The first kappa shape index (κ1) is 26.0. The molecule has 208 valence electrons. The van der Waals surface area contributed by atoms with Crippen LogP contribution >= 0.6 is 0 Å². The second kappa shape index (κ2) is 10.9. The molecule has 0 aliphatic carbocycles. The van der Waals surface area contributed by atoms with Gasteiger partial charge in [0.25, 0.3) is 0 Å². The number of aromatic nitrogens is 3. The Kier molecular flexibility index (Phi) is 6.43. The Hall–Kier alpha value is -5.65. The molecule has 0 spiro atoms. The second-order valence-electron chi connectivity index (χ2n) is 10.8. The van der Waals surface area contributed by atoms with Gasteiger partial charge < -0.3 is 4.74 Å². The maximum Gasteiger partial charge on any atom is 0.188 e. The van der Waals surface area contributed by atoms with E-state index in [1.54, 1.807) is 0 Å². The normalized spacial score (nSPS) is 12.9. The van der Waals surface area contributed by atoms with E-state index in [1.165, 1.54) is 20.7 Å². The van der Waals surface area contributed by atoms with Crippen LogP contribution in [-0.4, -0.2) is 23.0 Å². The lowest BCUT2D eigenvalue weighted by Crippen LogP contribution is -2.76. The number of para-hydroxylation sites is 2. The van der Waals surface area contributed by atoms with E-state index in [9.17, 15) is 0 Å². The standard InChI is InChI=1S/C39H27N3OSi/c1-5-16-28(17-6-1)37-40-38(29-18-7-2-8-19-29)42-39(41-37)32-24-15-27-35-36(32)43-33-25-13-14-26-34(33)44(35,30-20-9-3-10-21-30)31-22-11-4-12-23-31/h1-27H. The smallest absolute Gasteiger partial charge is 0.188 e. The fourth-order valence-electron chi connectivity index (χ4n) is 6.33. The van der Waals surface area contributed by atoms with Crippen molar-refractivity contribution in [3.8, 4) is 45.7 Å². The molecule has 7 aromatic rings.